The maximum Gasteiger partial charge on any atom is 0.0771 e. The first kappa shape index (κ1) is 11.1. The zero-order chi connectivity index (χ0) is 10.7. The standard InChI is InChI=1S/C12H16BrNO/c13-11-4-2-10(3-5-11)8-14-9-12(15)6-1-7-12/h2-5,14-15H,1,6-9H2. The monoisotopic (exact) mass is 269 g/mol. The fourth-order valence-electron chi connectivity index (χ4n) is 1.80. The molecule has 2 rings (SSSR count). The van der Waals surface area contributed by atoms with Gasteiger partial charge >= 0.3 is 0 Å². The molecular formula is C12H16BrNO. The zero-order valence-electron chi connectivity index (χ0n) is 8.67. The van der Waals surface area contributed by atoms with E-state index in [2.05, 4.69) is 33.4 Å². The van der Waals surface area contributed by atoms with Crippen molar-refractivity contribution in [2.45, 2.75) is 31.4 Å². The number of benzene rings is 1. The Balaban J connectivity index is 1.76. The number of rotatable bonds is 4. The first-order valence-electron chi connectivity index (χ1n) is 5.36. The van der Waals surface area contributed by atoms with Gasteiger partial charge in [0.05, 0.1) is 5.60 Å². The molecule has 2 N–H and O–H groups in total. The van der Waals surface area contributed by atoms with Gasteiger partial charge in [0.2, 0.25) is 0 Å². The third kappa shape index (κ3) is 3.03. The summed E-state index contributed by atoms with van der Waals surface area (Å²) in [5.41, 5.74) is 0.830. The van der Waals surface area contributed by atoms with Crippen molar-refractivity contribution in [1.82, 2.24) is 5.32 Å². The first-order chi connectivity index (χ1) is 7.18. The third-order valence-electron chi connectivity index (χ3n) is 2.98. The predicted molar refractivity (Wildman–Crippen MR) is 64.6 cm³/mol. The Morgan fingerprint density at radius 3 is 2.47 bits per heavy atom. The fourth-order valence-corrected chi connectivity index (χ4v) is 2.07. The summed E-state index contributed by atoms with van der Waals surface area (Å²) in [4.78, 5) is 0. The minimum atomic E-state index is -0.421. The molecule has 82 valence electrons. The Morgan fingerprint density at radius 2 is 1.93 bits per heavy atom. The van der Waals surface area contributed by atoms with Crippen molar-refractivity contribution in [3.8, 4) is 0 Å². The van der Waals surface area contributed by atoms with Crippen LogP contribution in [0.2, 0.25) is 0 Å². The van der Waals surface area contributed by atoms with Crippen LogP contribution in [0.15, 0.2) is 28.7 Å². The van der Waals surface area contributed by atoms with E-state index in [1.54, 1.807) is 0 Å². The lowest BCUT2D eigenvalue weighted by atomic mass is 9.80. The van der Waals surface area contributed by atoms with E-state index in [1.807, 2.05) is 12.1 Å². The molecule has 0 aliphatic heterocycles. The first-order valence-corrected chi connectivity index (χ1v) is 6.15. The van der Waals surface area contributed by atoms with Gasteiger partial charge in [-0.25, -0.2) is 0 Å². The van der Waals surface area contributed by atoms with Crippen molar-refractivity contribution in [2.24, 2.45) is 0 Å². The second-order valence-electron chi connectivity index (χ2n) is 4.31. The highest BCUT2D eigenvalue weighted by Gasteiger charge is 2.33. The molecule has 0 amide bonds. The summed E-state index contributed by atoms with van der Waals surface area (Å²) >= 11 is 3.41. The summed E-state index contributed by atoms with van der Waals surface area (Å²) in [5.74, 6) is 0. The lowest BCUT2D eigenvalue weighted by molar-refractivity contribution is -0.0314. The summed E-state index contributed by atoms with van der Waals surface area (Å²) < 4.78 is 1.10. The molecule has 1 aromatic carbocycles. The maximum absolute atomic E-state index is 9.86. The molecule has 0 aromatic heterocycles. The Bertz CT molecular complexity index is 319. The molecule has 0 saturated heterocycles. The minimum Gasteiger partial charge on any atom is -0.389 e. The molecule has 2 nitrogen and oxygen atoms in total. The molecule has 0 radical (unpaired) electrons. The van der Waals surface area contributed by atoms with E-state index in [-0.39, 0.29) is 0 Å². The van der Waals surface area contributed by atoms with Gasteiger partial charge in [0, 0.05) is 17.6 Å². The average molecular weight is 270 g/mol. The molecule has 1 fully saturated rings. The second-order valence-corrected chi connectivity index (χ2v) is 5.22. The van der Waals surface area contributed by atoms with Crippen LogP contribution in [0.4, 0.5) is 0 Å². The van der Waals surface area contributed by atoms with Gasteiger partial charge in [0.15, 0.2) is 0 Å². The molecule has 1 aliphatic carbocycles. The molecule has 0 heterocycles. The largest absolute Gasteiger partial charge is 0.389 e. The van der Waals surface area contributed by atoms with Crippen LogP contribution in [0.1, 0.15) is 24.8 Å². The topological polar surface area (TPSA) is 32.3 Å². The van der Waals surface area contributed by atoms with Crippen molar-refractivity contribution in [2.75, 3.05) is 6.54 Å². The lowest BCUT2D eigenvalue weighted by Crippen LogP contribution is -2.45. The minimum absolute atomic E-state index is 0.421. The van der Waals surface area contributed by atoms with Crippen LogP contribution in [0, 0.1) is 0 Å². The molecule has 0 bridgehead atoms. The predicted octanol–water partition coefficient (Wildman–Crippen LogP) is 2.45. The van der Waals surface area contributed by atoms with Crippen LogP contribution in [0.3, 0.4) is 0 Å². The molecule has 1 saturated carbocycles. The normalized spacial score (nSPS) is 18.5. The van der Waals surface area contributed by atoms with E-state index in [0.717, 1.165) is 30.3 Å². The van der Waals surface area contributed by atoms with Gasteiger partial charge in [-0.2, -0.15) is 0 Å². The molecular weight excluding hydrogens is 254 g/mol. The van der Waals surface area contributed by atoms with Crippen molar-refractivity contribution < 1.29 is 5.11 Å². The van der Waals surface area contributed by atoms with Gasteiger partial charge in [0.1, 0.15) is 0 Å². The Morgan fingerprint density at radius 1 is 1.27 bits per heavy atom. The van der Waals surface area contributed by atoms with Crippen LogP contribution in [0.25, 0.3) is 0 Å². The lowest BCUT2D eigenvalue weighted by Gasteiger charge is -2.36. The molecule has 0 unspecified atom stereocenters. The smallest absolute Gasteiger partial charge is 0.0771 e. The molecule has 0 spiro atoms. The fraction of sp³-hybridized carbons (Fsp3) is 0.500. The van der Waals surface area contributed by atoms with E-state index in [0.29, 0.717) is 6.54 Å². The van der Waals surface area contributed by atoms with Crippen LogP contribution < -0.4 is 5.32 Å². The molecule has 1 aliphatic rings. The molecule has 1 aromatic rings. The SMILES string of the molecule is OC1(CNCc2ccc(Br)cc2)CCC1. The van der Waals surface area contributed by atoms with Gasteiger partial charge in [-0.05, 0) is 37.0 Å². The average Bonchev–Trinajstić information content (AvgIpc) is 2.19. The van der Waals surface area contributed by atoms with Gasteiger partial charge in [-0.3, -0.25) is 0 Å². The summed E-state index contributed by atoms with van der Waals surface area (Å²) in [6.07, 6.45) is 3.05. The summed E-state index contributed by atoms with van der Waals surface area (Å²) in [6, 6.07) is 8.24. The Kier molecular flexibility index (Phi) is 3.44. The Hall–Kier alpha value is -0.380. The van der Waals surface area contributed by atoms with E-state index >= 15 is 0 Å². The number of halogens is 1. The van der Waals surface area contributed by atoms with Crippen LogP contribution >= 0.6 is 15.9 Å². The summed E-state index contributed by atoms with van der Waals surface area (Å²) in [5, 5.41) is 13.2. The van der Waals surface area contributed by atoms with Crippen LogP contribution in [-0.2, 0) is 6.54 Å². The second kappa shape index (κ2) is 4.64. The van der Waals surface area contributed by atoms with Gasteiger partial charge in [-0.15, -0.1) is 0 Å². The van der Waals surface area contributed by atoms with Crippen LogP contribution in [-0.4, -0.2) is 17.3 Å². The van der Waals surface area contributed by atoms with Gasteiger partial charge in [-0.1, -0.05) is 28.1 Å². The van der Waals surface area contributed by atoms with E-state index in [9.17, 15) is 5.11 Å². The Labute approximate surface area is 98.8 Å². The molecule has 0 atom stereocenters. The van der Waals surface area contributed by atoms with Crippen LogP contribution in [0.5, 0.6) is 0 Å². The van der Waals surface area contributed by atoms with Crippen molar-refractivity contribution in [3.05, 3.63) is 34.3 Å². The van der Waals surface area contributed by atoms with Crippen molar-refractivity contribution >= 4 is 15.9 Å². The maximum atomic E-state index is 9.86. The van der Waals surface area contributed by atoms with Crippen molar-refractivity contribution in [3.63, 3.8) is 0 Å². The number of hydrogen-bond donors (Lipinski definition) is 2. The summed E-state index contributed by atoms with van der Waals surface area (Å²) in [6.45, 7) is 1.54. The van der Waals surface area contributed by atoms with E-state index in [4.69, 9.17) is 0 Å². The molecule has 15 heavy (non-hydrogen) atoms. The van der Waals surface area contributed by atoms with Crippen molar-refractivity contribution in [1.29, 1.82) is 0 Å². The van der Waals surface area contributed by atoms with E-state index < -0.39 is 5.60 Å². The summed E-state index contributed by atoms with van der Waals surface area (Å²) in [7, 11) is 0. The highest BCUT2D eigenvalue weighted by molar-refractivity contribution is 9.10. The van der Waals surface area contributed by atoms with Gasteiger partial charge in [0.25, 0.3) is 0 Å². The third-order valence-corrected chi connectivity index (χ3v) is 3.51. The van der Waals surface area contributed by atoms with Gasteiger partial charge < -0.3 is 10.4 Å². The quantitative estimate of drug-likeness (QED) is 0.880. The van der Waals surface area contributed by atoms with E-state index in [1.165, 1.54) is 5.56 Å². The number of hydrogen-bond acceptors (Lipinski definition) is 2. The highest BCUT2D eigenvalue weighted by Crippen LogP contribution is 2.30. The highest BCUT2D eigenvalue weighted by atomic mass is 79.9. The number of aliphatic hydroxyl groups is 1. The zero-order valence-corrected chi connectivity index (χ0v) is 10.3. The molecule has 3 heteroatoms. The number of nitrogens with one attached hydrogen (secondary N) is 1.